The van der Waals surface area contributed by atoms with Crippen molar-refractivity contribution in [3.05, 3.63) is 64.1 Å². The molecule has 1 aliphatic heterocycles. The molecule has 0 amide bonds. The van der Waals surface area contributed by atoms with Gasteiger partial charge >= 0.3 is 0 Å². The Hall–Kier alpha value is -3.83. The first kappa shape index (κ1) is 18.9. The molecule has 0 atom stereocenters. The Labute approximate surface area is 185 Å². The van der Waals surface area contributed by atoms with Gasteiger partial charge in [0.15, 0.2) is 0 Å². The first-order valence-corrected chi connectivity index (χ1v) is 10.8. The van der Waals surface area contributed by atoms with E-state index < -0.39 is 0 Å². The van der Waals surface area contributed by atoms with Crippen LogP contribution >= 0.6 is 11.7 Å². The lowest BCUT2D eigenvalue weighted by molar-refractivity contribution is 0.306. The van der Waals surface area contributed by atoms with Gasteiger partial charge in [0.1, 0.15) is 22.5 Å². The molecule has 3 aromatic heterocycles. The molecule has 2 aromatic carbocycles. The van der Waals surface area contributed by atoms with Gasteiger partial charge in [-0.15, -0.1) is 0 Å². The third-order valence-corrected chi connectivity index (χ3v) is 5.97. The lowest BCUT2D eigenvalue weighted by Gasteiger charge is -2.22. The molecule has 2 N–H and O–H groups in total. The average Bonchev–Trinajstić information content (AvgIpc) is 3.41. The van der Waals surface area contributed by atoms with E-state index in [1.807, 2.05) is 49.5 Å². The first-order chi connectivity index (χ1) is 15.6. The zero-order valence-corrected chi connectivity index (χ0v) is 17.9. The fourth-order valence-electron chi connectivity index (χ4n) is 3.77. The van der Waals surface area contributed by atoms with Gasteiger partial charge in [-0.1, -0.05) is 0 Å². The highest BCUT2D eigenvalue weighted by atomic mass is 32.1. The molecule has 11 heteroatoms. The van der Waals surface area contributed by atoms with Crippen LogP contribution in [0.5, 0.6) is 11.5 Å². The predicted molar refractivity (Wildman–Crippen MR) is 121 cm³/mol. The van der Waals surface area contributed by atoms with E-state index >= 15 is 0 Å². The van der Waals surface area contributed by atoms with Crippen molar-refractivity contribution in [2.45, 2.75) is 13.0 Å². The minimum absolute atomic E-state index is 0.0883. The summed E-state index contributed by atoms with van der Waals surface area (Å²) in [7, 11) is 2.02. The third-order valence-electron chi connectivity index (χ3n) is 5.42. The molecule has 0 unspecified atom stereocenters. The lowest BCUT2D eigenvalue weighted by atomic mass is 10.1. The van der Waals surface area contributed by atoms with Crippen molar-refractivity contribution in [1.29, 1.82) is 0 Å². The second-order valence-corrected chi connectivity index (χ2v) is 8.23. The van der Waals surface area contributed by atoms with Gasteiger partial charge in [0, 0.05) is 30.4 Å². The molecule has 0 bridgehead atoms. The molecule has 0 aliphatic carbocycles. The molecule has 4 heterocycles. The van der Waals surface area contributed by atoms with E-state index in [1.54, 1.807) is 0 Å². The molecule has 1 aliphatic rings. The Kier molecular flexibility index (Phi) is 4.37. The summed E-state index contributed by atoms with van der Waals surface area (Å²) in [6.45, 7) is 1.50. The van der Waals surface area contributed by atoms with Crippen molar-refractivity contribution in [2.75, 3.05) is 18.9 Å². The van der Waals surface area contributed by atoms with Crippen molar-refractivity contribution in [2.24, 2.45) is 0 Å². The van der Waals surface area contributed by atoms with Crippen molar-refractivity contribution >= 4 is 40.2 Å². The van der Waals surface area contributed by atoms with E-state index in [0.29, 0.717) is 36.2 Å². The molecule has 0 saturated carbocycles. The van der Waals surface area contributed by atoms with E-state index in [2.05, 4.69) is 34.0 Å². The minimum Gasteiger partial charge on any atom is -0.457 e. The van der Waals surface area contributed by atoms with Gasteiger partial charge < -0.3 is 15.0 Å². The van der Waals surface area contributed by atoms with Crippen molar-refractivity contribution in [3.63, 3.8) is 0 Å². The second-order valence-electron chi connectivity index (χ2n) is 7.70. The molecule has 6 rings (SSSR count). The largest absolute Gasteiger partial charge is 0.457 e. The molecule has 5 aromatic rings. The highest BCUT2D eigenvalue weighted by molar-refractivity contribution is 7.00. The van der Waals surface area contributed by atoms with Crippen molar-refractivity contribution in [3.8, 4) is 11.5 Å². The Morgan fingerprint density at radius 1 is 1.06 bits per heavy atom. The van der Waals surface area contributed by atoms with E-state index in [-0.39, 0.29) is 5.56 Å². The molecule has 0 saturated heterocycles. The highest BCUT2D eigenvalue weighted by Crippen LogP contribution is 2.26. The number of H-pyrrole nitrogens is 1. The topological polar surface area (TPSA) is 113 Å². The molecule has 160 valence electrons. The van der Waals surface area contributed by atoms with E-state index in [9.17, 15) is 4.79 Å². The normalized spacial score (nSPS) is 14.0. The maximum Gasteiger partial charge on any atom is 0.277 e. The first-order valence-electron chi connectivity index (χ1n) is 10.1. The van der Waals surface area contributed by atoms with Crippen LogP contribution in [0.4, 0.5) is 11.6 Å². The molecular weight excluding hydrogens is 428 g/mol. The maximum absolute atomic E-state index is 12.8. The van der Waals surface area contributed by atoms with Gasteiger partial charge in [0.05, 0.1) is 17.4 Å². The number of hydrogen-bond donors (Lipinski definition) is 2. The van der Waals surface area contributed by atoms with Gasteiger partial charge in [0.25, 0.3) is 11.3 Å². The summed E-state index contributed by atoms with van der Waals surface area (Å²) in [5, 5.41) is 6.19. The fourth-order valence-corrected chi connectivity index (χ4v) is 4.29. The van der Waals surface area contributed by atoms with Gasteiger partial charge in [-0.2, -0.15) is 18.2 Å². The molecule has 32 heavy (non-hydrogen) atoms. The minimum atomic E-state index is -0.0883. The molecule has 0 radical (unpaired) electrons. The molecule has 0 fully saturated rings. The maximum atomic E-state index is 12.8. The Morgan fingerprint density at radius 3 is 2.75 bits per heavy atom. The summed E-state index contributed by atoms with van der Waals surface area (Å²) in [5.74, 6) is 2.19. The van der Waals surface area contributed by atoms with Crippen LogP contribution in [0, 0.1) is 0 Å². The second kappa shape index (κ2) is 7.39. The number of hydrogen-bond acceptors (Lipinski definition) is 9. The number of ether oxygens (including phenoxy) is 1. The summed E-state index contributed by atoms with van der Waals surface area (Å²) in [6, 6.07) is 13.1. The number of aromatic amines is 1. The van der Waals surface area contributed by atoms with Crippen LogP contribution in [0.3, 0.4) is 0 Å². The Morgan fingerprint density at radius 2 is 1.88 bits per heavy atom. The fraction of sp³-hybridized carbons (Fsp3) is 0.190. The van der Waals surface area contributed by atoms with Crippen molar-refractivity contribution < 1.29 is 4.74 Å². The summed E-state index contributed by atoms with van der Waals surface area (Å²) in [4.78, 5) is 24.0. The zero-order valence-electron chi connectivity index (χ0n) is 17.1. The van der Waals surface area contributed by atoms with Crippen LogP contribution in [0.2, 0.25) is 0 Å². The number of likely N-dealkylation sites (N-methyl/N-ethyl adjacent to an activating group) is 1. The number of anilines is 2. The van der Waals surface area contributed by atoms with Gasteiger partial charge in [-0.3, -0.25) is 9.89 Å². The predicted octanol–water partition coefficient (Wildman–Crippen LogP) is 2.95. The molecular formula is C21H18N8O2S. The summed E-state index contributed by atoms with van der Waals surface area (Å²) in [6.07, 6.45) is 0.690. The molecule has 10 nitrogen and oxygen atoms in total. The zero-order chi connectivity index (χ0) is 21.7. The van der Waals surface area contributed by atoms with Crippen LogP contribution in [0.15, 0.2) is 47.3 Å². The van der Waals surface area contributed by atoms with E-state index in [1.165, 1.54) is 16.2 Å². The van der Waals surface area contributed by atoms with E-state index in [0.717, 1.165) is 34.5 Å². The van der Waals surface area contributed by atoms with Gasteiger partial charge in [-0.25, -0.2) is 4.98 Å². The summed E-state index contributed by atoms with van der Waals surface area (Å²) < 4.78 is 15.7. The van der Waals surface area contributed by atoms with E-state index in [4.69, 9.17) is 4.74 Å². The smallest absolute Gasteiger partial charge is 0.277 e. The number of fused-ring (bicyclic) bond motifs is 3. The quantitative estimate of drug-likeness (QED) is 0.433. The number of aromatic nitrogens is 6. The van der Waals surface area contributed by atoms with Crippen LogP contribution < -0.4 is 15.6 Å². The van der Waals surface area contributed by atoms with Crippen LogP contribution in [-0.4, -0.2) is 46.8 Å². The Bertz CT molecular complexity index is 1500. The number of nitrogens with zero attached hydrogens (tertiary/aromatic N) is 6. The molecule has 0 spiro atoms. The van der Waals surface area contributed by atoms with Crippen LogP contribution in [0.1, 0.15) is 11.3 Å². The van der Waals surface area contributed by atoms with Gasteiger partial charge in [0.2, 0.25) is 5.95 Å². The number of rotatable bonds is 4. The van der Waals surface area contributed by atoms with Crippen LogP contribution in [0.25, 0.3) is 16.8 Å². The Balaban J connectivity index is 1.22. The van der Waals surface area contributed by atoms with Crippen LogP contribution in [-0.2, 0) is 13.0 Å². The SMILES string of the molecule is CN1CCc2c(nc3nc(Nc4ccc(Oc5ccc6nsnc6c5)cc4)[nH]n3c2=O)C1. The number of benzene rings is 2. The monoisotopic (exact) mass is 446 g/mol. The number of nitrogens with one attached hydrogen (secondary N) is 2. The third kappa shape index (κ3) is 3.37. The standard InChI is InChI=1S/C21H18N8O2S/c1-28-9-8-15-18(11-28)23-21-24-20(25-29(21)19(15)30)22-12-2-4-13(5-3-12)31-14-6-7-16-17(10-14)27-32-26-16/h2-7,10H,8-9,11H2,1H3,(H2,22,23,24,25). The van der Waals surface area contributed by atoms with Crippen molar-refractivity contribution in [1.82, 2.24) is 33.2 Å². The summed E-state index contributed by atoms with van der Waals surface area (Å²) >= 11 is 1.18. The lowest BCUT2D eigenvalue weighted by Crippen LogP contribution is -2.34. The van der Waals surface area contributed by atoms with Gasteiger partial charge in [-0.05, 0) is 49.9 Å². The summed E-state index contributed by atoms with van der Waals surface area (Å²) in [5.41, 5.74) is 3.93. The highest BCUT2D eigenvalue weighted by Gasteiger charge is 2.21. The average molecular weight is 446 g/mol.